The smallest absolute Gasteiger partial charge is 0.277 e. The fourth-order valence-electron chi connectivity index (χ4n) is 2.47. The summed E-state index contributed by atoms with van der Waals surface area (Å²) in [6.45, 7) is 4.17. The summed E-state index contributed by atoms with van der Waals surface area (Å²) in [6.07, 6.45) is 0. The van der Waals surface area contributed by atoms with Gasteiger partial charge in [-0.05, 0) is 61.4 Å². The third kappa shape index (κ3) is 5.59. The van der Waals surface area contributed by atoms with E-state index >= 15 is 0 Å². The van der Waals surface area contributed by atoms with Gasteiger partial charge in [0.1, 0.15) is 5.75 Å². The standard InChI is InChI=1S/C20H18N4O3S/c1-13-7-14(2)9-17(8-13)26-11-19-23-24-20(27-19)28-12-18(25)22-16-5-3-15(10-21)4-6-16/h3-9H,11-12H2,1-2H3,(H,22,25). The fraction of sp³-hybridized carbons (Fsp3) is 0.200. The molecule has 0 saturated heterocycles. The quantitative estimate of drug-likeness (QED) is 0.607. The monoisotopic (exact) mass is 394 g/mol. The molecule has 0 aliphatic heterocycles. The van der Waals surface area contributed by atoms with Crippen LogP contribution < -0.4 is 10.1 Å². The molecule has 1 aromatic heterocycles. The highest BCUT2D eigenvalue weighted by Gasteiger charge is 2.11. The number of hydrogen-bond donors (Lipinski definition) is 1. The molecule has 0 radical (unpaired) electrons. The first kappa shape index (κ1) is 19.5. The minimum atomic E-state index is -0.207. The molecule has 7 nitrogen and oxygen atoms in total. The zero-order chi connectivity index (χ0) is 19.9. The van der Waals surface area contributed by atoms with Crippen LogP contribution in [0.25, 0.3) is 0 Å². The molecule has 2 aromatic carbocycles. The van der Waals surface area contributed by atoms with Crippen molar-refractivity contribution in [1.82, 2.24) is 10.2 Å². The summed E-state index contributed by atoms with van der Waals surface area (Å²) >= 11 is 1.14. The summed E-state index contributed by atoms with van der Waals surface area (Å²) in [5, 5.41) is 19.7. The maximum absolute atomic E-state index is 12.0. The Bertz CT molecular complexity index is 989. The van der Waals surface area contributed by atoms with E-state index in [0.717, 1.165) is 28.6 Å². The molecule has 0 aliphatic carbocycles. The lowest BCUT2D eigenvalue weighted by atomic mass is 10.1. The van der Waals surface area contributed by atoms with E-state index in [-0.39, 0.29) is 18.3 Å². The molecule has 1 amide bonds. The summed E-state index contributed by atoms with van der Waals surface area (Å²) in [4.78, 5) is 12.0. The largest absolute Gasteiger partial charge is 0.484 e. The molecule has 3 aromatic rings. The predicted octanol–water partition coefficient (Wildman–Crippen LogP) is 3.87. The first-order valence-corrected chi connectivity index (χ1v) is 9.46. The number of ether oxygens (including phenoxy) is 1. The lowest BCUT2D eigenvalue weighted by Gasteiger charge is -2.05. The van der Waals surface area contributed by atoms with Crippen LogP contribution in [0.1, 0.15) is 22.6 Å². The van der Waals surface area contributed by atoms with Crippen molar-refractivity contribution in [2.24, 2.45) is 0 Å². The summed E-state index contributed by atoms with van der Waals surface area (Å²) in [5.41, 5.74) is 3.39. The van der Waals surface area contributed by atoms with Crippen molar-refractivity contribution in [3.05, 3.63) is 65.0 Å². The number of carbonyl (C=O) groups excluding carboxylic acids is 1. The molecule has 0 atom stereocenters. The van der Waals surface area contributed by atoms with E-state index < -0.39 is 0 Å². The number of aromatic nitrogens is 2. The minimum absolute atomic E-state index is 0.125. The van der Waals surface area contributed by atoms with E-state index in [1.807, 2.05) is 32.0 Å². The van der Waals surface area contributed by atoms with Crippen LogP contribution in [0.4, 0.5) is 5.69 Å². The first-order chi connectivity index (χ1) is 13.5. The number of nitrogens with one attached hydrogen (secondary N) is 1. The van der Waals surface area contributed by atoms with Crippen LogP contribution in [-0.4, -0.2) is 21.9 Å². The van der Waals surface area contributed by atoms with Crippen LogP contribution in [0.15, 0.2) is 52.1 Å². The second kappa shape index (κ2) is 9.06. The molecule has 0 aliphatic rings. The first-order valence-electron chi connectivity index (χ1n) is 8.48. The molecule has 1 N–H and O–H groups in total. The van der Waals surface area contributed by atoms with Gasteiger partial charge in [-0.3, -0.25) is 4.79 Å². The van der Waals surface area contributed by atoms with E-state index in [9.17, 15) is 4.79 Å². The van der Waals surface area contributed by atoms with E-state index in [0.29, 0.717) is 22.4 Å². The number of thioether (sulfide) groups is 1. The molecule has 142 valence electrons. The molecule has 0 saturated carbocycles. The Morgan fingerprint density at radius 3 is 2.57 bits per heavy atom. The molecule has 28 heavy (non-hydrogen) atoms. The van der Waals surface area contributed by atoms with Gasteiger partial charge >= 0.3 is 0 Å². The van der Waals surface area contributed by atoms with Crippen molar-refractivity contribution < 1.29 is 13.9 Å². The van der Waals surface area contributed by atoms with Gasteiger partial charge < -0.3 is 14.5 Å². The van der Waals surface area contributed by atoms with Gasteiger partial charge in [0.25, 0.3) is 11.1 Å². The summed E-state index contributed by atoms with van der Waals surface area (Å²) in [5.74, 6) is 1.00. The normalized spacial score (nSPS) is 10.3. The van der Waals surface area contributed by atoms with Gasteiger partial charge in [0.2, 0.25) is 5.91 Å². The molecule has 0 spiro atoms. The van der Waals surface area contributed by atoms with Gasteiger partial charge in [-0.15, -0.1) is 10.2 Å². The van der Waals surface area contributed by atoms with Crippen LogP contribution in [0.5, 0.6) is 5.75 Å². The third-order valence-corrected chi connectivity index (χ3v) is 4.45. The predicted molar refractivity (Wildman–Crippen MR) is 105 cm³/mol. The average Bonchev–Trinajstić information content (AvgIpc) is 3.13. The van der Waals surface area contributed by atoms with E-state index in [2.05, 4.69) is 21.6 Å². The average molecular weight is 394 g/mol. The Morgan fingerprint density at radius 1 is 1.18 bits per heavy atom. The van der Waals surface area contributed by atoms with E-state index in [1.165, 1.54) is 0 Å². The molecular formula is C20H18N4O3S. The zero-order valence-electron chi connectivity index (χ0n) is 15.4. The summed E-state index contributed by atoms with van der Waals surface area (Å²) < 4.78 is 11.2. The van der Waals surface area contributed by atoms with Crippen LogP contribution >= 0.6 is 11.8 Å². The van der Waals surface area contributed by atoms with Crippen molar-refractivity contribution in [2.45, 2.75) is 25.7 Å². The Kier molecular flexibility index (Phi) is 6.29. The van der Waals surface area contributed by atoms with Gasteiger partial charge in [0.15, 0.2) is 6.61 Å². The highest BCUT2D eigenvalue weighted by atomic mass is 32.2. The summed E-state index contributed by atoms with van der Waals surface area (Å²) in [6, 6.07) is 14.6. The molecule has 0 bridgehead atoms. The minimum Gasteiger partial charge on any atom is -0.484 e. The van der Waals surface area contributed by atoms with Crippen molar-refractivity contribution in [3.63, 3.8) is 0 Å². The van der Waals surface area contributed by atoms with Crippen molar-refractivity contribution in [1.29, 1.82) is 5.26 Å². The number of aryl methyl sites for hydroxylation is 2. The van der Waals surface area contributed by atoms with Gasteiger partial charge in [-0.1, -0.05) is 17.8 Å². The number of carbonyl (C=O) groups is 1. The summed E-state index contributed by atoms with van der Waals surface area (Å²) in [7, 11) is 0. The topological polar surface area (TPSA) is 101 Å². The maximum atomic E-state index is 12.0. The van der Waals surface area contributed by atoms with E-state index in [4.69, 9.17) is 14.4 Å². The lowest BCUT2D eigenvalue weighted by Crippen LogP contribution is -2.13. The Balaban J connectivity index is 1.47. The van der Waals surface area contributed by atoms with Crippen molar-refractivity contribution in [3.8, 4) is 11.8 Å². The molecular weight excluding hydrogens is 376 g/mol. The molecule has 1 heterocycles. The van der Waals surface area contributed by atoms with Gasteiger partial charge in [0.05, 0.1) is 17.4 Å². The van der Waals surface area contributed by atoms with Crippen molar-refractivity contribution in [2.75, 3.05) is 11.1 Å². The number of nitriles is 1. The number of benzene rings is 2. The van der Waals surface area contributed by atoms with Crippen LogP contribution in [0, 0.1) is 25.2 Å². The van der Waals surface area contributed by atoms with Gasteiger partial charge in [-0.2, -0.15) is 5.26 Å². The lowest BCUT2D eigenvalue weighted by molar-refractivity contribution is -0.113. The van der Waals surface area contributed by atoms with Crippen LogP contribution in [0.3, 0.4) is 0 Å². The molecule has 0 unspecified atom stereocenters. The van der Waals surface area contributed by atoms with Crippen molar-refractivity contribution >= 4 is 23.4 Å². The Hall–Kier alpha value is -3.31. The number of amides is 1. The number of rotatable bonds is 7. The van der Waals surface area contributed by atoms with Gasteiger partial charge in [-0.25, -0.2) is 0 Å². The van der Waals surface area contributed by atoms with Crippen LogP contribution in [0.2, 0.25) is 0 Å². The SMILES string of the molecule is Cc1cc(C)cc(OCc2nnc(SCC(=O)Nc3ccc(C#N)cc3)o2)c1. The Labute approximate surface area is 166 Å². The highest BCUT2D eigenvalue weighted by molar-refractivity contribution is 7.99. The van der Waals surface area contributed by atoms with E-state index in [1.54, 1.807) is 24.3 Å². The van der Waals surface area contributed by atoms with Gasteiger partial charge in [0, 0.05) is 5.69 Å². The maximum Gasteiger partial charge on any atom is 0.277 e. The number of anilines is 1. The number of nitrogens with zero attached hydrogens (tertiary/aromatic N) is 3. The zero-order valence-corrected chi connectivity index (χ0v) is 16.2. The number of hydrogen-bond acceptors (Lipinski definition) is 7. The molecule has 3 rings (SSSR count). The molecule has 0 fully saturated rings. The third-order valence-electron chi connectivity index (χ3n) is 3.63. The van der Waals surface area contributed by atoms with Crippen LogP contribution in [-0.2, 0) is 11.4 Å². The second-order valence-electron chi connectivity index (χ2n) is 6.10. The molecule has 8 heteroatoms. The fourth-order valence-corrected chi connectivity index (χ4v) is 3.05. The second-order valence-corrected chi connectivity index (χ2v) is 7.03. The highest BCUT2D eigenvalue weighted by Crippen LogP contribution is 2.20. The Morgan fingerprint density at radius 2 is 1.89 bits per heavy atom.